The van der Waals surface area contributed by atoms with Gasteiger partial charge in [-0.25, -0.2) is 18.4 Å². The Morgan fingerprint density at radius 2 is 2.27 bits per heavy atom. The summed E-state index contributed by atoms with van der Waals surface area (Å²) in [5, 5.41) is 8.56. The Kier molecular flexibility index (Phi) is 3.10. The predicted molar refractivity (Wildman–Crippen MR) is 50.5 cm³/mol. The van der Waals surface area contributed by atoms with E-state index >= 15 is 0 Å². The number of hydrogen-bond acceptors (Lipinski definition) is 5. The third-order valence-corrected chi connectivity index (χ3v) is 2.59. The number of hydrogen-bond donors (Lipinski definition) is 1. The first-order chi connectivity index (χ1) is 6.88. The van der Waals surface area contributed by atoms with Crippen molar-refractivity contribution in [3.05, 3.63) is 11.9 Å². The van der Waals surface area contributed by atoms with Crippen LogP contribution in [0, 0.1) is 0 Å². The van der Waals surface area contributed by atoms with E-state index in [4.69, 9.17) is 5.14 Å². The summed E-state index contributed by atoms with van der Waals surface area (Å²) in [6, 6.07) is 0. The molecule has 1 aromatic heterocycles. The van der Waals surface area contributed by atoms with E-state index in [0.717, 1.165) is 10.9 Å². The number of nitrogens with two attached hydrogens (primary N) is 1. The van der Waals surface area contributed by atoms with Gasteiger partial charge in [0.2, 0.25) is 10.0 Å². The molecule has 0 aliphatic carbocycles. The minimum atomic E-state index is -3.96. The first-order valence-corrected chi connectivity index (χ1v) is 5.64. The van der Waals surface area contributed by atoms with Crippen LogP contribution >= 0.6 is 0 Å². The Hall–Kier alpha value is -1.41. The van der Waals surface area contributed by atoms with Crippen molar-refractivity contribution in [2.45, 2.75) is 11.8 Å². The number of rotatable bonds is 3. The van der Waals surface area contributed by atoms with Gasteiger partial charge in [-0.1, -0.05) is 0 Å². The van der Waals surface area contributed by atoms with Crippen molar-refractivity contribution in [1.82, 2.24) is 9.78 Å². The topological polar surface area (TPSA) is 104 Å². The lowest BCUT2D eigenvalue weighted by Gasteiger charge is -2.03. The lowest BCUT2D eigenvalue weighted by molar-refractivity contribution is 0.0509. The summed E-state index contributed by atoms with van der Waals surface area (Å²) in [5.41, 5.74) is -0.167. The van der Waals surface area contributed by atoms with E-state index in [9.17, 15) is 13.2 Å². The Morgan fingerprint density at radius 1 is 1.67 bits per heavy atom. The molecule has 0 aliphatic rings. The average molecular weight is 233 g/mol. The number of ether oxygens (including phenoxy) is 1. The second-order valence-corrected chi connectivity index (χ2v) is 4.28. The maximum Gasteiger partial charge on any atom is 0.358 e. The molecule has 0 aliphatic heterocycles. The molecule has 0 saturated carbocycles. The van der Waals surface area contributed by atoms with Crippen molar-refractivity contribution in [3.8, 4) is 0 Å². The predicted octanol–water partition coefficient (Wildman–Crippen LogP) is -0.756. The number of aryl methyl sites for hydroxylation is 1. The van der Waals surface area contributed by atoms with E-state index < -0.39 is 16.0 Å². The molecule has 84 valence electrons. The Labute approximate surface area is 86.9 Å². The van der Waals surface area contributed by atoms with Gasteiger partial charge in [0.1, 0.15) is 4.90 Å². The maximum absolute atomic E-state index is 11.4. The molecule has 1 rings (SSSR count). The second kappa shape index (κ2) is 3.99. The quantitative estimate of drug-likeness (QED) is 0.691. The number of nitrogens with zero attached hydrogens (tertiary/aromatic N) is 2. The molecule has 0 atom stereocenters. The summed E-state index contributed by atoms with van der Waals surface area (Å²) < 4.78 is 28.0. The Bertz CT molecular complexity index is 476. The molecule has 7 nitrogen and oxygen atoms in total. The number of aromatic nitrogens is 2. The van der Waals surface area contributed by atoms with Crippen LogP contribution in [0.15, 0.2) is 11.1 Å². The summed E-state index contributed by atoms with van der Waals surface area (Å²) in [7, 11) is -2.53. The first-order valence-electron chi connectivity index (χ1n) is 4.09. The minimum absolute atomic E-state index is 0.147. The fraction of sp³-hybridized carbons (Fsp3) is 0.429. The van der Waals surface area contributed by atoms with E-state index in [0.29, 0.717) is 0 Å². The molecule has 1 heterocycles. The molecule has 0 bridgehead atoms. The number of sulfonamides is 1. The highest BCUT2D eigenvalue weighted by molar-refractivity contribution is 7.89. The fourth-order valence-electron chi connectivity index (χ4n) is 1.06. The number of carbonyl (C=O) groups excluding carboxylic acids is 1. The van der Waals surface area contributed by atoms with Crippen molar-refractivity contribution >= 4 is 16.0 Å². The molecule has 8 heteroatoms. The van der Waals surface area contributed by atoms with Crippen molar-refractivity contribution in [2.75, 3.05) is 6.61 Å². The second-order valence-electron chi connectivity index (χ2n) is 2.75. The van der Waals surface area contributed by atoms with E-state index in [1.165, 1.54) is 7.05 Å². The van der Waals surface area contributed by atoms with Crippen molar-refractivity contribution in [1.29, 1.82) is 0 Å². The third-order valence-electron chi connectivity index (χ3n) is 1.68. The molecule has 0 spiro atoms. The maximum atomic E-state index is 11.4. The normalized spacial score (nSPS) is 11.4. The monoisotopic (exact) mass is 233 g/mol. The molecular weight excluding hydrogens is 222 g/mol. The molecule has 1 aromatic rings. The number of carbonyl (C=O) groups is 1. The van der Waals surface area contributed by atoms with Crippen LogP contribution in [0.1, 0.15) is 17.4 Å². The summed E-state index contributed by atoms with van der Waals surface area (Å²) in [5.74, 6) is -0.762. The van der Waals surface area contributed by atoms with Crippen LogP contribution in [-0.4, -0.2) is 30.8 Å². The van der Waals surface area contributed by atoms with Gasteiger partial charge >= 0.3 is 5.97 Å². The van der Waals surface area contributed by atoms with Gasteiger partial charge in [0.05, 0.1) is 12.8 Å². The SMILES string of the molecule is CCOC(=O)c1c(S(N)(=O)=O)cnn1C. The highest BCUT2D eigenvalue weighted by atomic mass is 32.2. The molecule has 0 fully saturated rings. The summed E-state index contributed by atoms with van der Waals surface area (Å²) in [4.78, 5) is 11.1. The number of esters is 1. The molecule has 0 saturated heterocycles. The molecule has 0 aromatic carbocycles. The average Bonchev–Trinajstić information content (AvgIpc) is 2.46. The third kappa shape index (κ3) is 2.34. The molecule has 2 N–H and O–H groups in total. The van der Waals surface area contributed by atoms with Gasteiger partial charge in [-0.05, 0) is 6.92 Å². The van der Waals surface area contributed by atoms with Gasteiger partial charge in [0, 0.05) is 7.05 Å². The van der Waals surface area contributed by atoms with E-state index in [1.54, 1.807) is 6.92 Å². The number of primary sulfonamides is 1. The summed E-state index contributed by atoms with van der Waals surface area (Å²) in [6.07, 6.45) is 1.02. The zero-order valence-electron chi connectivity index (χ0n) is 8.30. The van der Waals surface area contributed by atoms with Gasteiger partial charge in [0.15, 0.2) is 5.69 Å². The van der Waals surface area contributed by atoms with Crippen LogP contribution in [0.2, 0.25) is 0 Å². The molecule has 0 unspecified atom stereocenters. The highest BCUT2D eigenvalue weighted by Gasteiger charge is 2.24. The van der Waals surface area contributed by atoms with Gasteiger partial charge in [0.25, 0.3) is 0 Å². The largest absolute Gasteiger partial charge is 0.461 e. The van der Waals surface area contributed by atoms with Gasteiger partial charge < -0.3 is 4.74 Å². The van der Waals surface area contributed by atoms with Gasteiger partial charge in [-0.2, -0.15) is 5.10 Å². The molecule has 0 amide bonds. The highest BCUT2D eigenvalue weighted by Crippen LogP contribution is 2.13. The minimum Gasteiger partial charge on any atom is -0.461 e. The van der Waals surface area contributed by atoms with Crippen molar-refractivity contribution in [3.63, 3.8) is 0 Å². The summed E-state index contributed by atoms with van der Waals surface area (Å²) in [6.45, 7) is 1.76. The lowest BCUT2D eigenvalue weighted by atomic mass is 10.4. The summed E-state index contributed by atoms with van der Waals surface area (Å²) >= 11 is 0. The standard InChI is InChI=1S/C7H11N3O4S/c1-3-14-7(11)6-5(15(8,12)13)4-9-10(6)2/h4H,3H2,1-2H3,(H2,8,12,13). The Morgan fingerprint density at radius 3 is 2.73 bits per heavy atom. The van der Waals surface area contributed by atoms with Crippen LogP contribution in [0.3, 0.4) is 0 Å². The van der Waals surface area contributed by atoms with Crippen LogP contribution in [-0.2, 0) is 21.8 Å². The van der Waals surface area contributed by atoms with Crippen LogP contribution in [0.25, 0.3) is 0 Å². The van der Waals surface area contributed by atoms with E-state index in [2.05, 4.69) is 9.84 Å². The first kappa shape index (κ1) is 11.7. The smallest absolute Gasteiger partial charge is 0.358 e. The van der Waals surface area contributed by atoms with Gasteiger partial charge in [-0.3, -0.25) is 4.68 Å². The Balaban J connectivity index is 3.28. The van der Waals surface area contributed by atoms with Crippen LogP contribution in [0.4, 0.5) is 0 Å². The lowest BCUT2D eigenvalue weighted by Crippen LogP contribution is -2.19. The zero-order chi connectivity index (χ0) is 11.6. The molecular formula is C7H11N3O4S. The van der Waals surface area contributed by atoms with Gasteiger partial charge in [-0.15, -0.1) is 0 Å². The van der Waals surface area contributed by atoms with Crippen LogP contribution in [0.5, 0.6) is 0 Å². The van der Waals surface area contributed by atoms with E-state index in [1.807, 2.05) is 0 Å². The van der Waals surface area contributed by atoms with Crippen molar-refractivity contribution in [2.24, 2.45) is 12.2 Å². The van der Waals surface area contributed by atoms with E-state index in [-0.39, 0.29) is 17.2 Å². The van der Waals surface area contributed by atoms with Crippen molar-refractivity contribution < 1.29 is 17.9 Å². The molecule has 0 radical (unpaired) electrons. The zero-order valence-corrected chi connectivity index (χ0v) is 9.11. The molecule has 15 heavy (non-hydrogen) atoms. The fourth-order valence-corrected chi connectivity index (χ4v) is 1.74. The van der Waals surface area contributed by atoms with Crippen LogP contribution < -0.4 is 5.14 Å².